The van der Waals surface area contributed by atoms with E-state index in [2.05, 4.69) is 15.4 Å². The molecule has 0 unspecified atom stereocenters. The highest BCUT2D eigenvalue weighted by molar-refractivity contribution is 7.90. The molecule has 0 fully saturated rings. The van der Waals surface area contributed by atoms with Gasteiger partial charge < -0.3 is 9.64 Å². The van der Waals surface area contributed by atoms with E-state index in [4.69, 9.17) is 27.9 Å². The zero-order valence-electron chi connectivity index (χ0n) is 14.5. The van der Waals surface area contributed by atoms with E-state index in [1.165, 1.54) is 28.9 Å². The first kappa shape index (κ1) is 20.8. The number of aryl methyl sites for hydroxylation is 1. The number of hydrogen-bond acceptors (Lipinski definition) is 7. The van der Waals surface area contributed by atoms with E-state index in [0.717, 1.165) is 5.54 Å². The second-order valence-electron chi connectivity index (χ2n) is 5.28. The summed E-state index contributed by atoms with van der Waals surface area (Å²) in [4.78, 5) is 17.5. The van der Waals surface area contributed by atoms with E-state index in [1.807, 2.05) is 4.72 Å². The van der Waals surface area contributed by atoms with Crippen molar-refractivity contribution in [2.75, 3.05) is 24.3 Å². The molecule has 0 aliphatic carbocycles. The van der Waals surface area contributed by atoms with E-state index in [1.54, 1.807) is 26.0 Å². The number of ether oxygens (including phenoxy) is 1. The maximum absolute atomic E-state index is 12.5. The molecule has 0 bridgehead atoms. The average Bonchev–Trinajstić information content (AvgIpc) is 2.94. The third kappa shape index (κ3) is 5.25. The molecule has 0 saturated heterocycles. The lowest BCUT2D eigenvalue weighted by molar-refractivity contribution is 0.256. The molecule has 2 N–H and O–H groups in total. The number of halogens is 2. The van der Waals surface area contributed by atoms with Gasteiger partial charge in [-0.15, -0.1) is 5.10 Å². The van der Waals surface area contributed by atoms with E-state index in [9.17, 15) is 13.2 Å². The molecule has 13 heteroatoms. The van der Waals surface area contributed by atoms with Gasteiger partial charge in [-0.2, -0.15) is 4.98 Å². The summed E-state index contributed by atoms with van der Waals surface area (Å²) in [5, 5.41) is 5.99. The van der Waals surface area contributed by atoms with Crippen molar-refractivity contribution in [1.82, 2.24) is 19.5 Å². The van der Waals surface area contributed by atoms with Crippen LogP contribution in [0, 0.1) is 0 Å². The van der Waals surface area contributed by atoms with Crippen LogP contribution in [-0.2, 0) is 17.1 Å². The Morgan fingerprint density at radius 2 is 2.00 bits per heavy atom. The van der Waals surface area contributed by atoms with Crippen LogP contribution in [0.25, 0.3) is 0 Å². The zero-order chi connectivity index (χ0) is 20.2. The summed E-state index contributed by atoms with van der Waals surface area (Å²) >= 11 is 11.1. The van der Waals surface area contributed by atoms with Gasteiger partial charge in [0, 0.05) is 21.1 Å². The Morgan fingerprint density at radius 1 is 1.33 bits per heavy atom. The first-order valence-corrected chi connectivity index (χ1v) is 9.58. The minimum atomic E-state index is -4.27. The molecule has 0 radical (unpaired) electrons. The zero-order valence-corrected chi connectivity index (χ0v) is 16.8. The molecule has 1 aromatic carbocycles. The average molecular weight is 435 g/mol. The van der Waals surface area contributed by atoms with E-state index < -0.39 is 16.1 Å². The number of aromatic nitrogens is 3. The smallest absolute Gasteiger partial charge is 0.335 e. The van der Waals surface area contributed by atoms with E-state index >= 15 is 0 Å². The van der Waals surface area contributed by atoms with Crippen LogP contribution in [-0.4, -0.2) is 43.3 Å². The van der Waals surface area contributed by atoms with Crippen LogP contribution in [0.2, 0.25) is 0 Å². The maximum Gasteiger partial charge on any atom is 0.335 e. The number of rotatable bonds is 6. The number of anilines is 2. The lowest BCUT2D eigenvalue weighted by Gasteiger charge is -2.11. The summed E-state index contributed by atoms with van der Waals surface area (Å²) in [6.07, 6.45) is 0. The number of sulfonamides is 1. The molecule has 0 spiro atoms. The van der Waals surface area contributed by atoms with Gasteiger partial charge in [-0.3, -0.25) is 5.32 Å². The predicted molar refractivity (Wildman–Crippen MR) is 102 cm³/mol. The fourth-order valence-electron chi connectivity index (χ4n) is 2.01. The lowest BCUT2D eigenvalue weighted by atomic mass is 10.3. The summed E-state index contributed by atoms with van der Waals surface area (Å²) in [5.41, 5.74) is 0.931. The van der Waals surface area contributed by atoms with Crippen molar-refractivity contribution in [3.8, 4) is 5.75 Å². The number of hydrogen-bond donors (Lipinski definition) is 2. The minimum Gasteiger partial charge on any atom is -0.443 e. The predicted octanol–water partition coefficient (Wildman–Crippen LogP) is 2.05. The second kappa shape index (κ2) is 8.46. The number of nitrogens with one attached hydrogen (secondary N) is 2. The van der Waals surface area contributed by atoms with Crippen molar-refractivity contribution in [3.05, 3.63) is 35.0 Å². The molecule has 1 heterocycles. The minimum absolute atomic E-state index is 0.0634. The van der Waals surface area contributed by atoms with Crippen LogP contribution in [0.4, 0.5) is 16.7 Å². The third-order valence-corrected chi connectivity index (χ3v) is 4.89. The molecule has 2 aromatic rings. The van der Waals surface area contributed by atoms with E-state index in [0.29, 0.717) is 5.95 Å². The molecule has 27 heavy (non-hydrogen) atoms. The summed E-state index contributed by atoms with van der Waals surface area (Å²) in [6, 6.07) is 4.56. The molecular weight excluding hydrogens is 419 g/mol. The van der Waals surface area contributed by atoms with Crippen LogP contribution < -0.4 is 19.7 Å². The molecule has 10 nitrogen and oxygen atoms in total. The van der Waals surface area contributed by atoms with Gasteiger partial charge in [0.15, 0.2) is 0 Å². The largest absolute Gasteiger partial charge is 0.443 e. The second-order valence-corrected chi connectivity index (χ2v) is 7.52. The third-order valence-electron chi connectivity index (χ3n) is 3.02. The summed E-state index contributed by atoms with van der Waals surface area (Å²) in [7, 11) is 0.848. The van der Waals surface area contributed by atoms with Crippen LogP contribution in [0.5, 0.6) is 5.75 Å². The Labute approximate surface area is 165 Å². The number of para-hydroxylation sites is 1. The van der Waals surface area contributed by atoms with Crippen molar-refractivity contribution in [2.24, 2.45) is 7.05 Å². The van der Waals surface area contributed by atoms with Crippen molar-refractivity contribution in [1.29, 1.82) is 0 Å². The molecule has 2 rings (SSSR count). The van der Waals surface area contributed by atoms with Crippen LogP contribution in [0.1, 0.15) is 0 Å². The molecule has 0 aliphatic rings. The van der Waals surface area contributed by atoms with Crippen molar-refractivity contribution >= 4 is 51.2 Å². The van der Waals surface area contributed by atoms with Gasteiger partial charge in [-0.1, -0.05) is 23.7 Å². The Balaban J connectivity index is 2.19. The topological polar surface area (TPSA) is 118 Å². The SMILES string of the molecule is CN(C)c1nc(NC(=O)NS(=O)(=O)c2ccccc2O/C(Cl)=C/Cl)nn1C. The first-order chi connectivity index (χ1) is 12.6. The van der Waals surface area contributed by atoms with E-state index in [-0.39, 0.29) is 21.8 Å². The maximum atomic E-state index is 12.5. The lowest BCUT2D eigenvalue weighted by Crippen LogP contribution is -2.34. The highest BCUT2D eigenvalue weighted by Crippen LogP contribution is 2.26. The van der Waals surface area contributed by atoms with Gasteiger partial charge >= 0.3 is 6.03 Å². The highest BCUT2D eigenvalue weighted by atomic mass is 35.5. The number of nitrogens with zero attached hydrogens (tertiary/aromatic N) is 4. The Morgan fingerprint density at radius 3 is 2.59 bits per heavy atom. The van der Waals surface area contributed by atoms with Gasteiger partial charge in [0.1, 0.15) is 10.6 Å². The highest BCUT2D eigenvalue weighted by Gasteiger charge is 2.23. The Kier molecular flexibility index (Phi) is 6.52. The van der Waals surface area contributed by atoms with Gasteiger partial charge in [-0.25, -0.2) is 22.6 Å². The van der Waals surface area contributed by atoms with Gasteiger partial charge in [0.05, 0.1) is 5.54 Å². The molecule has 0 atom stereocenters. The van der Waals surface area contributed by atoms with Gasteiger partial charge in [-0.05, 0) is 23.7 Å². The van der Waals surface area contributed by atoms with Crippen LogP contribution >= 0.6 is 23.2 Å². The van der Waals surface area contributed by atoms with Crippen LogP contribution in [0.3, 0.4) is 0 Å². The summed E-state index contributed by atoms with van der Waals surface area (Å²) < 4.78 is 33.4. The molecule has 0 aliphatic heterocycles. The first-order valence-electron chi connectivity index (χ1n) is 7.29. The standard InChI is InChI=1S/C14H16Cl2N6O4S/c1-21(2)14-18-12(19-22(14)3)17-13(23)20-27(24,25)10-7-5-4-6-9(10)26-11(16)8-15/h4-8H,1-3H3,(H2,17,19,20,23)/b11-8+. The van der Waals surface area contributed by atoms with Crippen molar-refractivity contribution < 1.29 is 17.9 Å². The number of carbonyl (C=O) groups is 1. The van der Waals surface area contributed by atoms with Gasteiger partial charge in [0.2, 0.25) is 11.2 Å². The fourth-order valence-corrected chi connectivity index (χ4v) is 3.17. The molecule has 0 saturated carbocycles. The summed E-state index contributed by atoms with van der Waals surface area (Å²) in [6.45, 7) is 0. The van der Waals surface area contributed by atoms with Crippen molar-refractivity contribution in [2.45, 2.75) is 4.90 Å². The summed E-state index contributed by atoms with van der Waals surface area (Å²) in [5.74, 6) is 0.298. The molecule has 1 aromatic heterocycles. The number of urea groups is 1. The van der Waals surface area contributed by atoms with Crippen molar-refractivity contribution in [3.63, 3.8) is 0 Å². The number of benzene rings is 1. The molecular formula is C14H16Cl2N6O4S. The molecule has 2 amide bonds. The quantitative estimate of drug-likeness (QED) is 0.667. The normalized spacial score (nSPS) is 11.8. The van der Waals surface area contributed by atoms with Crippen LogP contribution in [0.15, 0.2) is 39.9 Å². The fraction of sp³-hybridized carbons (Fsp3) is 0.214. The Bertz CT molecular complexity index is 974. The number of carbonyl (C=O) groups excluding carboxylic acids is 1. The molecule has 146 valence electrons. The monoisotopic (exact) mass is 434 g/mol. The van der Waals surface area contributed by atoms with Gasteiger partial charge in [0.25, 0.3) is 16.0 Å². The number of amides is 2. The Hall–Kier alpha value is -2.50.